The second-order valence-corrected chi connectivity index (χ2v) is 6.37. The minimum atomic E-state index is -4.72. The van der Waals surface area contributed by atoms with Crippen LogP contribution in [0.4, 0.5) is 5.82 Å². The highest BCUT2D eigenvalue weighted by Crippen LogP contribution is 2.39. The van der Waals surface area contributed by atoms with Gasteiger partial charge in [-0.05, 0) is 0 Å². The Morgan fingerprint density at radius 2 is 2.17 bits per heavy atom. The number of nitrogens with zero attached hydrogens (tertiary/aromatic N) is 3. The maximum absolute atomic E-state index is 11.5. The van der Waals surface area contributed by atoms with Gasteiger partial charge in [0.15, 0.2) is 11.2 Å². The third kappa shape index (κ3) is 3.13. The fraction of sp³-hybridized carbons (Fsp3) is 0.500. The van der Waals surface area contributed by atoms with Crippen LogP contribution in [0.25, 0.3) is 11.2 Å². The van der Waals surface area contributed by atoms with Crippen molar-refractivity contribution in [2.24, 2.45) is 0 Å². The summed E-state index contributed by atoms with van der Waals surface area (Å²) in [5.74, 6) is -0.0982. The SMILES string of the molecule is Nc1[nH]c(=O)nc2c1nc(O)n2[C@H]1C[C@H](O)[C@@H](COP(=O)(O)O)O1. The summed E-state index contributed by atoms with van der Waals surface area (Å²) in [7, 11) is -4.72. The van der Waals surface area contributed by atoms with Crippen molar-refractivity contribution in [3.8, 4) is 6.01 Å². The van der Waals surface area contributed by atoms with E-state index in [2.05, 4.69) is 19.5 Å². The van der Waals surface area contributed by atoms with Crippen molar-refractivity contribution in [3.05, 3.63) is 10.5 Å². The molecule has 0 radical (unpaired) electrons. The van der Waals surface area contributed by atoms with E-state index in [1.54, 1.807) is 0 Å². The zero-order chi connectivity index (χ0) is 17.6. The van der Waals surface area contributed by atoms with E-state index < -0.39 is 44.6 Å². The number of aromatic hydroxyl groups is 1. The standard InChI is InChI=1S/C10H14N5O8P/c11-7-6-8(14-9(17)13-7)15(10(18)12-6)5-1-3(16)4(23-5)2-22-24(19,20)21/h3-5,16H,1-2H2,(H,12,18)(H2,19,20,21)(H3,11,13,14,17)/t3-,4+,5+/m0/s1. The molecule has 7 N–H and O–H groups in total. The van der Waals surface area contributed by atoms with Crippen LogP contribution >= 0.6 is 7.82 Å². The van der Waals surface area contributed by atoms with Gasteiger partial charge in [0.05, 0.1) is 12.7 Å². The number of rotatable bonds is 4. The average Bonchev–Trinajstić information content (AvgIpc) is 2.96. The number of phosphoric acid groups is 1. The number of aromatic amines is 1. The van der Waals surface area contributed by atoms with Gasteiger partial charge in [-0.3, -0.25) is 14.1 Å². The Hall–Kier alpha value is -2.02. The van der Waals surface area contributed by atoms with Gasteiger partial charge in [0.2, 0.25) is 0 Å². The van der Waals surface area contributed by atoms with Crippen LogP contribution < -0.4 is 11.4 Å². The lowest BCUT2D eigenvalue weighted by Crippen LogP contribution is -2.26. The molecule has 14 heteroatoms. The molecule has 132 valence electrons. The highest BCUT2D eigenvalue weighted by Gasteiger charge is 2.38. The number of nitrogen functional groups attached to an aromatic ring is 1. The number of fused-ring (bicyclic) bond motifs is 1. The number of phosphoric ester groups is 1. The number of hydrogen-bond acceptors (Lipinski definition) is 9. The average molecular weight is 363 g/mol. The van der Waals surface area contributed by atoms with Gasteiger partial charge in [0, 0.05) is 6.42 Å². The van der Waals surface area contributed by atoms with Crippen molar-refractivity contribution in [2.45, 2.75) is 24.9 Å². The molecule has 2 aromatic rings. The Morgan fingerprint density at radius 3 is 2.83 bits per heavy atom. The fourth-order valence-corrected chi connectivity index (χ4v) is 2.80. The Bertz CT molecular complexity index is 874. The monoisotopic (exact) mass is 363 g/mol. The van der Waals surface area contributed by atoms with Crippen molar-refractivity contribution in [3.63, 3.8) is 0 Å². The van der Waals surface area contributed by atoms with Crippen LogP contribution in [-0.4, -0.2) is 58.3 Å². The lowest BCUT2D eigenvalue weighted by atomic mass is 10.2. The summed E-state index contributed by atoms with van der Waals surface area (Å²) < 4.78 is 21.5. The molecule has 1 aliphatic heterocycles. The second-order valence-electron chi connectivity index (χ2n) is 5.13. The summed E-state index contributed by atoms with van der Waals surface area (Å²) in [6.07, 6.45) is -3.22. The number of nitrogens with two attached hydrogens (primary N) is 1. The van der Waals surface area contributed by atoms with Crippen LogP contribution in [0.5, 0.6) is 6.01 Å². The maximum atomic E-state index is 11.5. The van der Waals surface area contributed by atoms with Gasteiger partial charge in [-0.25, -0.2) is 9.36 Å². The van der Waals surface area contributed by atoms with Gasteiger partial charge >= 0.3 is 13.5 Å². The molecule has 1 fully saturated rings. The molecule has 3 rings (SSSR count). The van der Waals surface area contributed by atoms with E-state index in [4.69, 9.17) is 20.3 Å². The highest BCUT2D eigenvalue weighted by atomic mass is 31.2. The number of ether oxygens (including phenoxy) is 1. The normalized spacial score (nSPS) is 24.7. The number of anilines is 1. The minimum absolute atomic E-state index is 0.0418. The number of imidazole rings is 1. The topological polar surface area (TPSA) is 206 Å². The van der Waals surface area contributed by atoms with Crippen LogP contribution in [0.1, 0.15) is 12.6 Å². The van der Waals surface area contributed by atoms with Gasteiger partial charge in [0.25, 0.3) is 6.01 Å². The molecular weight excluding hydrogens is 349 g/mol. The Kier molecular flexibility index (Phi) is 4.07. The maximum Gasteiger partial charge on any atom is 0.469 e. The number of aliphatic hydroxyl groups is 1. The number of hydrogen-bond donors (Lipinski definition) is 6. The quantitative estimate of drug-likeness (QED) is 0.333. The molecule has 3 atom stereocenters. The molecule has 2 aromatic heterocycles. The highest BCUT2D eigenvalue weighted by molar-refractivity contribution is 7.46. The summed E-state index contributed by atoms with van der Waals surface area (Å²) in [4.78, 5) is 38.5. The van der Waals surface area contributed by atoms with E-state index in [0.29, 0.717) is 0 Å². The zero-order valence-electron chi connectivity index (χ0n) is 11.9. The Balaban J connectivity index is 1.90. The van der Waals surface area contributed by atoms with Crippen LogP contribution in [0, 0.1) is 0 Å². The van der Waals surface area contributed by atoms with Gasteiger partial charge in [-0.1, -0.05) is 0 Å². The molecule has 0 unspecified atom stereocenters. The summed E-state index contributed by atoms with van der Waals surface area (Å²) >= 11 is 0. The van der Waals surface area contributed by atoms with Gasteiger partial charge in [-0.15, -0.1) is 0 Å². The molecule has 0 spiro atoms. The molecule has 0 saturated carbocycles. The van der Waals surface area contributed by atoms with Crippen molar-refractivity contribution < 1.29 is 33.8 Å². The summed E-state index contributed by atoms with van der Waals surface area (Å²) in [5.41, 5.74) is 4.83. The molecule has 1 aliphatic rings. The molecule has 13 nitrogen and oxygen atoms in total. The third-order valence-electron chi connectivity index (χ3n) is 3.47. The zero-order valence-corrected chi connectivity index (χ0v) is 12.8. The molecular formula is C10H14N5O8P. The lowest BCUT2D eigenvalue weighted by Gasteiger charge is -2.16. The number of aliphatic hydroxyl groups excluding tert-OH is 1. The summed E-state index contributed by atoms with van der Waals surface area (Å²) in [6.45, 7) is -0.564. The second kappa shape index (κ2) is 5.81. The predicted molar refractivity (Wildman–Crippen MR) is 76.8 cm³/mol. The van der Waals surface area contributed by atoms with E-state index in [0.717, 1.165) is 4.57 Å². The van der Waals surface area contributed by atoms with Crippen LogP contribution in [0.15, 0.2) is 4.79 Å². The number of H-pyrrole nitrogens is 1. The first-order chi connectivity index (χ1) is 11.2. The molecule has 1 saturated heterocycles. The minimum Gasteiger partial charge on any atom is -0.480 e. The first kappa shape index (κ1) is 16.8. The van der Waals surface area contributed by atoms with Crippen molar-refractivity contribution in [2.75, 3.05) is 12.3 Å². The molecule has 24 heavy (non-hydrogen) atoms. The third-order valence-corrected chi connectivity index (χ3v) is 3.96. The van der Waals surface area contributed by atoms with E-state index >= 15 is 0 Å². The number of aromatic nitrogens is 4. The molecule has 0 aromatic carbocycles. The number of nitrogens with one attached hydrogen (secondary N) is 1. The van der Waals surface area contributed by atoms with E-state index in [9.17, 15) is 19.6 Å². The van der Waals surface area contributed by atoms with Crippen LogP contribution in [0.3, 0.4) is 0 Å². The van der Waals surface area contributed by atoms with E-state index in [1.807, 2.05) is 0 Å². The summed E-state index contributed by atoms with van der Waals surface area (Å²) in [6, 6.07) is -0.544. The van der Waals surface area contributed by atoms with Crippen LogP contribution in [0.2, 0.25) is 0 Å². The van der Waals surface area contributed by atoms with Gasteiger partial charge < -0.3 is 30.5 Å². The Morgan fingerprint density at radius 1 is 1.46 bits per heavy atom. The Labute approximate surface area is 132 Å². The van der Waals surface area contributed by atoms with Crippen molar-refractivity contribution >= 4 is 24.8 Å². The smallest absolute Gasteiger partial charge is 0.469 e. The molecule has 0 bridgehead atoms. The van der Waals surface area contributed by atoms with Gasteiger partial charge in [0.1, 0.15) is 18.1 Å². The van der Waals surface area contributed by atoms with E-state index in [1.165, 1.54) is 0 Å². The van der Waals surface area contributed by atoms with Gasteiger partial charge in [-0.2, -0.15) is 9.97 Å². The van der Waals surface area contributed by atoms with Crippen molar-refractivity contribution in [1.82, 2.24) is 19.5 Å². The first-order valence-corrected chi connectivity index (χ1v) is 8.19. The molecule has 0 amide bonds. The molecule has 0 aliphatic carbocycles. The largest absolute Gasteiger partial charge is 0.480 e. The summed E-state index contributed by atoms with van der Waals surface area (Å²) in [5, 5.41) is 19.9. The lowest BCUT2D eigenvalue weighted by molar-refractivity contribution is -0.0443. The van der Waals surface area contributed by atoms with Crippen LogP contribution in [-0.2, 0) is 13.8 Å². The molecule has 3 heterocycles. The van der Waals surface area contributed by atoms with E-state index in [-0.39, 0.29) is 23.4 Å². The first-order valence-electron chi connectivity index (χ1n) is 6.66. The fourth-order valence-electron chi connectivity index (χ4n) is 2.46. The van der Waals surface area contributed by atoms with Crippen molar-refractivity contribution in [1.29, 1.82) is 0 Å². The predicted octanol–water partition coefficient (Wildman–Crippen LogP) is -1.83.